The van der Waals surface area contributed by atoms with Crippen molar-refractivity contribution in [2.45, 2.75) is 13.5 Å². The number of carbonyl (C=O) groups excluding carboxylic acids is 1. The van der Waals surface area contributed by atoms with Gasteiger partial charge in [0.15, 0.2) is 0 Å². The Bertz CT molecular complexity index is 799. The lowest BCUT2D eigenvalue weighted by atomic mass is 10.1. The van der Waals surface area contributed by atoms with E-state index in [1.165, 1.54) is 24.3 Å². The van der Waals surface area contributed by atoms with Crippen LogP contribution in [0.3, 0.4) is 0 Å². The molecule has 0 aliphatic carbocycles. The quantitative estimate of drug-likeness (QED) is 0.658. The Hall–Kier alpha value is -2.77. The second-order valence-electron chi connectivity index (χ2n) is 6.30. The van der Waals surface area contributed by atoms with Crippen LogP contribution in [0.5, 0.6) is 0 Å². The van der Waals surface area contributed by atoms with E-state index in [4.69, 9.17) is 4.74 Å². The molecule has 7 heteroatoms. The van der Waals surface area contributed by atoms with E-state index in [2.05, 4.69) is 16.3 Å². The number of aryl methyl sites for hydroxylation is 1. The van der Waals surface area contributed by atoms with Crippen molar-refractivity contribution in [1.29, 1.82) is 0 Å². The highest BCUT2D eigenvalue weighted by Gasteiger charge is 2.13. The summed E-state index contributed by atoms with van der Waals surface area (Å²) in [5.41, 5.74) is 3.18. The van der Waals surface area contributed by atoms with Crippen molar-refractivity contribution in [3.63, 3.8) is 0 Å². The fraction of sp³-hybridized carbons (Fsp3) is 0.316. The average molecular weight is 355 g/mol. The van der Waals surface area contributed by atoms with Gasteiger partial charge in [-0.2, -0.15) is 0 Å². The number of ether oxygens (including phenoxy) is 1. The number of anilines is 1. The molecule has 0 radical (unpaired) electrons. The van der Waals surface area contributed by atoms with E-state index in [1.807, 2.05) is 19.1 Å². The van der Waals surface area contributed by atoms with Gasteiger partial charge in [-0.15, -0.1) is 0 Å². The number of rotatable bonds is 5. The number of nitrogens with one attached hydrogen (secondary N) is 1. The molecule has 3 rings (SSSR count). The second-order valence-corrected chi connectivity index (χ2v) is 6.30. The number of benzene rings is 2. The van der Waals surface area contributed by atoms with Crippen LogP contribution in [-0.4, -0.2) is 42.0 Å². The SMILES string of the molecule is Cc1ccc(CN2CCOCC2)cc1NC(=O)c1ccc([N+](=O)[O-])cc1. The van der Waals surface area contributed by atoms with Gasteiger partial charge in [-0.3, -0.25) is 19.8 Å². The molecule has 26 heavy (non-hydrogen) atoms. The van der Waals surface area contributed by atoms with E-state index in [0.717, 1.165) is 49.7 Å². The number of non-ortho nitro benzene ring substituents is 1. The first kappa shape index (κ1) is 18.0. The molecule has 2 aromatic rings. The number of nitro groups is 1. The number of carbonyl (C=O) groups is 1. The first-order valence-electron chi connectivity index (χ1n) is 8.48. The van der Waals surface area contributed by atoms with Gasteiger partial charge < -0.3 is 10.1 Å². The van der Waals surface area contributed by atoms with E-state index in [-0.39, 0.29) is 11.6 Å². The van der Waals surface area contributed by atoms with E-state index in [9.17, 15) is 14.9 Å². The molecular formula is C19H21N3O4. The fourth-order valence-electron chi connectivity index (χ4n) is 2.85. The summed E-state index contributed by atoms with van der Waals surface area (Å²) in [7, 11) is 0. The summed E-state index contributed by atoms with van der Waals surface area (Å²) < 4.78 is 5.36. The molecule has 1 aliphatic rings. The summed E-state index contributed by atoms with van der Waals surface area (Å²) in [5.74, 6) is -0.286. The molecule has 0 aromatic heterocycles. The van der Waals surface area contributed by atoms with Crippen molar-refractivity contribution >= 4 is 17.3 Å². The van der Waals surface area contributed by atoms with Gasteiger partial charge in [0.05, 0.1) is 18.1 Å². The smallest absolute Gasteiger partial charge is 0.269 e. The number of hydrogen-bond donors (Lipinski definition) is 1. The van der Waals surface area contributed by atoms with Gasteiger partial charge in [0.2, 0.25) is 0 Å². The van der Waals surface area contributed by atoms with Crippen LogP contribution in [0.2, 0.25) is 0 Å². The van der Waals surface area contributed by atoms with Gasteiger partial charge >= 0.3 is 0 Å². The Labute approximate surface area is 151 Å². The highest BCUT2D eigenvalue weighted by Crippen LogP contribution is 2.20. The summed E-state index contributed by atoms with van der Waals surface area (Å²) in [4.78, 5) is 25.0. The zero-order valence-electron chi connectivity index (χ0n) is 14.6. The number of morpholine rings is 1. The first-order chi connectivity index (χ1) is 12.5. The fourth-order valence-corrected chi connectivity index (χ4v) is 2.85. The normalized spacial score (nSPS) is 14.8. The maximum atomic E-state index is 12.4. The maximum Gasteiger partial charge on any atom is 0.269 e. The highest BCUT2D eigenvalue weighted by atomic mass is 16.6. The Morgan fingerprint density at radius 2 is 1.88 bits per heavy atom. The number of nitrogens with zero attached hydrogens (tertiary/aromatic N) is 2. The lowest BCUT2D eigenvalue weighted by molar-refractivity contribution is -0.384. The van der Waals surface area contributed by atoms with Crippen molar-refractivity contribution < 1.29 is 14.5 Å². The maximum absolute atomic E-state index is 12.4. The summed E-state index contributed by atoms with van der Waals surface area (Å²) in [6.45, 7) is 6.04. The third kappa shape index (κ3) is 4.44. The monoisotopic (exact) mass is 355 g/mol. The Kier molecular flexibility index (Phi) is 5.60. The van der Waals surface area contributed by atoms with Crippen molar-refractivity contribution in [2.24, 2.45) is 0 Å². The molecule has 0 saturated carbocycles. The van der Waals surface area contributed by atoms with Crippen LogP contribution < -0.4 is 5.32 Å². The summed E-state index contributed by atoms with van der Waals surface area (Å²) in [6.07, 6.45) is 0. The Morgan fingerprint density at radius 3 is 2.54 bits per heavy atom. The molecular weight excluding hydrogens is 334 g/mol. The van der Waals surface area contributed by atoms with E-state index in [1.54, 1.807) is 0 Å². The minimum absolute atomic E-state index is 0.0368. The molecule has 1 amide bonds. The van der Waals surface area contributed by atoms with E-state index in [0.29, 0.717) is 5.56 Å². The van der Waals surface area contributed by atoms with Crippen molar-refractivity contribution in [3.05, 3.63) is 69.3 Å². The van der Waals surface area contributed by atoms with Crippen LogP contribution in [0.4, 0.5) is 11.4 Å². The van der Waals surface area contributed by atoms with Crippen molar-refractivity contribution in [1.82, 2.24) is 4.90 Å². The third-order valence-electron chi connectivity index (χ3n) is 4.40. The Morgan fingerprint density at radius 1 is 1.19 bits per heavy atom. The van der Waals surface area contributed by atoms with Crippen LogP contribution in [-0.2, 0) is 11.3 Å². The van der Waals surface area contributed by atoms with Gasteiger partial charge in [0, 0.05) is 43.0 Å². The molecule has 1 aliphatic heterocycles. The molecule has 0 bridgehead atoms. The predicted octanol–water partition coefficient (Wildman–Crippen LogP) is 2.99. The van der Waals surface area contributed by atoms with Gasteiger partial charge in [0.1, 0.15) is 0 Å². The molecule has 136 valence electrons. The lowest BCUT2D eigenvalue weighted by Crippen LogP contribution is -2.35. The number of amides is 1. The van der Waals surface area contributed by atoms with Gasteiger partial charge in [-0.1, -0.05) is 12.1 Å². The average Bonchev–Trinajstić information content (AvgIpc) is 2.65. The van der Waals surface area contributed by atoms with Crippen LogP contribution in [0.1, 0.15) is 21.5 Å². The van der Waals surface area contributed by atoms with Crippen LogP contribution in [0, 0.1) is 17.0 Å². The molecule has 0 unspecified atom stereocenters. The molecule has 7 nitrogen and oxygen atoms in total. The van der Waals surface area contributed by atoms with Crippen LogP contribution in [0.15, 0.2) is 42.5 Å². The molecule has 1 saturated heterocycles. The summed E-state index contributed by atoms with van der Waals surface area (Å²) in [6, 6.07) is 11.6. The number of hydrogen-bond acceptors (Lipinski definition) is 5. The summed E-state index contributed by atoms with van der Waals surface area (Å²) >= 11 is 0. The van der Waals surface area contributed by atoms with Crippen molar-refractivity contribution in [2.75, 3.05) is 31.6 Å². The second kappa shape index (κ2) is 8.07. The summed E-state index contributed by atoms with van der Waals surface area (Å²) in [5, 5.41) is 13.6. The number of nitro benzene ring substituents is 1. The van der Waals surface area contributed by atoms with Crippen molar-refractivity contribution in [3.8, 4) is 0 Å². The van der Waals surface area contributed by atoms with E-state index >= 15 is 0 Å². The molecule has 1 fully saturated rings. The Balaban J connectivity index is 1.70. The highest BCUT2D eigenvalue weighted by molar-refractivity contribution is 6.04. The van der Waals surface area contributed by atoms with Gasteiger partial charge in [-0.25, -0.2) is 0 Å². The van der Waals surface area contributed by atoms with Gasteiger partial charge in [0.25, 0.3) is 11.6 Å². The molecule has 0 spiro atoms. The molecule has 0 atom stereocenters. The minimum atomic E-state index is -0.485. The van der Waals surface area contributed by atoms with Crippen LogP contribution in [0.25, 0.3) is 0 Å². The third-order valence-corrected chi connectivity index (χ3v) is 4.40. The van der Waals surface area contributed by atoms with E-state index < -0.39 is 4.92 Å². The first-order valence-corrected chi connectivity index (χ1v) is 8.48. The molecule has 1 N–H and O–H groups in total. The zero-order valence-corrected chi connectivity index (χ0v) is 14.6. The lowest BCUT2D eigenvalue weighted by Gasteiger charge is -2.26. The minimum Gasteiger partial charge on any atom is -0.379 e. The topological polar surface area (TPSA) is 84.7 Å². The van der Waals surface area contributed by atoms with Crippen LogP contribution >= 0.6 is 0 Å². The largest absolute Gasteiger partial charge is 0.379 e. The van der Waals surface area contributed by atoms with Gasteiger partial charge in [-0.05, 0) is 36.2 Å². The zero-order chi connectivity index (χ0) is 18.5. The molecule has 2 aromatic carbocycles. The molecule has 1 heterocycles. The predicted molar refractivity (Wildman–Crippen MR) is 98.3 cm³/mol. The standard InChI is InChI=1S/C19H21N3O4/c1-14-2-3-15(13-21-8-10-26-11-9-21)12-18(14)20-19(23)16-4-6-17(7-5-16)22(24)25/h2-7,12H,8-11,13H2,1H3,(H,20,23).